The van der Waals surface area contributed by atoms with Gasteiger partial charge in [0.25, 0.3) is 0 Å². The molecule has 3 rings (SSSR count). The predicted octanol–water partition coefficient (Wildman–Crippen LogP) is 4.28. The average molecular weight is 380 g/mol. The number of fused-ring (bicyclic) bond motifs is 1. The van der Waals surface area contributed by atoms with Crippen LogP contribution in [0, 0.1) is 0 Å². The van der Waals surface area contributed by atoms with E-state index in [9.17, 15) is 9.59 Å². The molecule has 4 nitrogen and oxygen atoms in total. The SMILES string of the molecule is CC(C)Oc1ccc(CCNC(=O)CCC(=O)c2ccc3c(c2)CCC3)cc1. The summed E-state index contributed by atoms with van der Waals surface area (Å²) >= 11 is 0. The molecule has 0 radical (unpaired) electrons. The van der Waals surface area contributed by atoms with E-state index in [0.717, 1.165) is 36.1 Å². The van der Waals surface area contributed by atoms with Gasteiger partial charge in [0.05, 0.1) is 6.10 Å². The summed E-state index contributed by atoms with van der Waals surface area (Å²) in [5.41, 5.74) is 4.53. The molecule has 0 saturated carbocycles. The lowest BCUT2D eigenvalue weighted by Crippen LogP contribution is -2.26. The van der Waals surface area contributed by atoms with E-state index in [2.05, 4.69) is 11.4 Å². The van der Waals surface area contributed by atoms with Gasteiger partial charge in [0, 0.05) is 24.9 Å². The maximum absolute atomic E-state index is 12.4. The Kier molecular flexibility index (Phi) is 6.85. The molecule has 2 aromatic carbocycles. The summed E-state index contributed by atoms with van der Waals surface area (Å²) in [4.78, 5) is 24.4. The fraction of sp³-hybridized carbons (Fsp3) is 0.417. The van der Waals surface area contributed by atoms with Crippen molar-refractivity contribution >= 4 is 11.7 Å². The number of hydrogen-bond donors (Lipinski definition) is 1. The van der Waals surface area contributed by atoms with Gasteiger partial charge in [0.2, 0.25) is 5.91 Å². The van der Waals surface area contributed by atoms with Crippen LogP contribution < -0.4 is 10.1 Å². The van der Waals surface area contributed by atoms with Gasteiger partial charge in [0.15, 0.2) is 5.78 Å². The molecule has 0 spiro atoms. The fourth-order valence-electron chi connectivity index (χ4n) is 3.56. The van der Waals surface area contributed by atoms with E-state index in [4.69, 9.17) is 4.74 Å². The molecule has 4 heteroatoms. The van der Waals surface area contributed by atoms with Crippen molar-refractivity contribution < 1.29 is 14.3 Å². The van der Waals surface area contributed by atoms with Crippen molar-refractivity contribution in [1.29, 1.82) is 0 Å². The molecule has 148 valence electrons. The zero-order valence-electron chi connectivity index (χ0n) is 16.8. The Morgan fingerprint density at radius 3 is 2.50 bits per heavy atom. The van der Waals surface area contributed by atoms with Crippen molar-refractivity contribution in [2.75, 3.05) is 6.54 Å². The molecule has 1 amide bonds. The summed E-state index contributed by atoms with van der Waals surface area (Å²) in [6.45, 7) is 4.56. The normalized spacial score (nSPS) is 12.7. The lowest BCUT2D eigenvalue weighted by molar-refractivity contribution is -0.121. The van der Waals surface area contributed by atoms with Gasteiger partial charge in [-0.1, -0.05) is 24.3 Å². The quantitative estimate of drug-likeness (QED) is 0.662. The first-order chi connectivity index (χ1) is 13.5. The van der Waals surface area contributed by atoms with Gasteiger partial charge in [-0.05, 0) is 74.4 Å². The van der Waals surface area contributed by atoms with E-state index in [1.165, 1.54) is 17.5 Å². The van der Waals surface area contributed by atoms with Gasteiger partial charge in [0.1, 0.15) is 5.75 Å². The summed E-state index contributed by atoms with van der Waals surface area (Å²) < 4.78 is 5.63. The molecule has 0 fully saturated rings. The number of amides is 1. The minimum atomic E-state index is -0.0747. The van der Waals surface area contributed by atoms with Crippen molar-refractivity contribution in [3.8, 4) is 5.75 Å². The van der Waals surface area contributed by atoms with E-state index in [1.807, 2.05) is 50.2 Å². The average Bonchev–Trinajstić information content (AvgIpc) is 3.15. The summed E-state index contributed by atoms with van der Waals surface area (Å²) in [6.07, 6.45) is 4.74. The maximum atomic E-state index is 12.4. The van der Waals surface area contributed by atoms with Crippen LogP contribution in [0.5, 0.6) is 5.75 Å². The number of ketones is 1. The van der Waals surface area contributed by atoms with Crippen LogP contribution in [0.4, 0.5) is 0 Å². The minimum Gasteiger partial charge on any atom is -0.491 e. The second-order valence-electron chi connectivity index (χ2n) is 7.67. The topological polar surface area (TPSA) is 55.4 Å². The number of carbonyl (C=O) groups excluding carboxylic acids is 2. The summed E-state index contributed by atoms with van der Waals surface area (Å²) in [5.74, 6) is 0.827. The van der Waals surface area contributed by atoms with Gasteiger partial charge in [-0.25, -0.2) is 0 Å². The fourth-order valence-corrected chi connectivity index (χ4v) is 3.56. The molecule has 0 atom stereocenters. The number of hydrogen-bond acceptors (Lipinski definition) is 3. The lowest BCUT2D eigenvalue weighted by atomic mass is 10.0. The number of carbonyl (C=O) groups is 2. The molecule has 2 aromatic rings. The summed E-state index contributed by atoms with van der Waals surface area (Å²) in [5, 5.41) is 2.90. The van der Waals surface area contributed by atoms with Crippen LogP contribution in [0.15, 0.2) is 42.5 Å². The number of Topliss-reactive ketones (excluding diaryl/α,β-unsaturated/α-hetero) is 1. The second-order valence-corrected chi connectivity index (χ2v) is 7.67. The molecule has 0 bridgehead atoms. The standard InChI is InChI=1S/C24H29NO3/c1-17(2)28-22-10-6-18(7-11-22)14-15-25-24(27)13-12-23(26)21-9-8-19-4-3-5-20(19)16-21/h6-11,16-17H,3-5,12-15H2,1-2H3,(H,25,27). The van der Waals surface area contributed by atoms with Crippen LogP contribution >= 0.6 is 0 Å². The summed E-state index contributed by atoms with van der Waals surface area (Å²) in [7, 11) is 0. The number of benzene rings is 2. The lowest BCUT2D eigenvalue weighted by Gasteiger charge is -2.10. The molecule has 1 N–H and O–H groups in total. The highest BCUT2D eigenvalue weighted by Crippen LogP contribution is 2.23. The van der Waals surface area contributed by atoms with Gasteiger partial charge < -0.3 is 10.1 Å². The minimum absolute atomic E-state index is 0.0468. The van der Waals surface area contributed by atoms with Crippen LogP contribution in [-0.4, -0.2) is 24.3 Å². The Bertz CT molecular complexity index is 824. The third kappa shape index (κ3) is 5.69. The molecular formula is C24H29NO3. The van der Waals surface area contributed by atoms with E-state index >= 15 is 0 Å². The highest BCUT2D eigenvalue weighted by Gasteiger charge is 2.14. The van der Waals surface area contributed by atoms with Crippen molar-refractivity contribution in [3.05, 3.63) is 64.7 Å². The number of nitrogens with one attached hydrogen (secondary N) is 1. The molecule has 1 aliphatic carbocycles. The second kappa shape index (κ2) is 9.54. The zero-order valence-corrected chi connectivity index (χ0v) is 16.8. The third-order valence-corrected chi connectivity index (χ3v) is 5.03. The van der Waals surface area contributed by atoms with Crippen LogP contribution in [0.25, 0.3) is 0 Å². The Labute approximate surface area is 167 Å². The van der Waals surface area contributed by atoms with Crippen molar-refractivity contribution in [3.63, 3.8) is 0 Å². The highest BCUT2D eigenvalue weighted by molar-refractivity contribution is 5.98. The first-order valence-corrected chi connectivity index (χ1v) is 10.2. The summed E-state index contributed by atoms with van der Waals surface area (Å²) in [6, 6.07) is 13.9. The largest absolute Gasteiger partial charge is 0.491 e. The van der Waals surface area contributed by atoms with Crippen molar-refractivity contribution in [1.82, 2.24) is 5.32 Å². The van der Waals surface area contributed by atoms with E-state index in [0.29, 0.717) is 6.54 Å². The van der Waals surface area contributed by atoms with Gasteiger partial charge in [-0.2, -0.15) is 0 Å². The molecule has 0 heterocycles. The van der Waals surface area contributed by atoms with Crippen molar-refractivity contribution in [2.45, 2.75) is 58.5 Å². The predicted molar refractivity (Wildman–Crippen MR) is 111 cm³/mol. The van der Waals surface area contributed by atoms with Crippen molar-refractivity contribution in [2.24, 2.45) is 0 Å². The van der Waals surface area contributed by atoms with E-state index in [-0.39, 0.29) is 30.6 Å². The van der Waals surface area contributed by atoms with E-state index < -0.39 is 0 Å². The Balaban J connectivity index is 1.38. The van der Waals surface area contributed by atoms with Crippen LogP contribution in [0.3, 0.4) is 0 Å². The van der Waals surface area contributed by atoms with Gasteiger partial charge >= 0.3 is 0 Å². The van der Waals surface area contributed by atoms with Crippen LogP contribution in [0.1, 0.15) is 60.2 Å². The van der Waals surface area contributed by atoms with Crippen LogP contribution in [0.2, 0.25) is 0 Å². The number of ether oxygens (including phenoxy) is 1. The van der Waals surface area contributed by atoms with Gasteiger partial charge in [-0.3, -0.25) is 9.59 Å². The Morgan fingerprint density at radius 1 is 1.00 bits per heavy atom. The van der Waals surface area contributed by atoms with Gasteiger partial charge in [-0.15, -0.1) is 0 Å². The molecule has 0 saturated heterocycles. The number of rotatable bonds is 9. The maximum Gasteiger partial charge on any atom is 0.220 e. The molecule has 0 unspecified atom stereocenters. The first-order valence-electron chi connectivity index (χ1n) is 10.2. The zero-order chi connectivity index (χ0) is 19.9. The molecule has 28 heavy (non-hydrogen) atoms. The smallest absolute Gasteiger partial charge is 0.220 e. The van der Waals surface area contributed by atoms with E-state index in [1.54, 1.807) is 0 Å². The third-order valence-electron chi connectivity index (χ3n) is 5.03. The number of aryl methyl sites for hydroxylation is 2. The Morgan fingerprint density at radius 2 is 1.75 bits per heavy atom. The molecular weight excluding hydrogens is 350 g/mol. The molecule has 0 aliphatic heterocycles. The molecule has 0 aromatic heterocycles. The Hall–Kier alpha value is -2.62. The van der Waals surface area contributed by atoms with Crippen LogP contribution in [-0.2, 0) is 24.1 Å². The monoisotopic (exact) mass is 379 g/mol. The highest BCUT2D eigenvalue weighted by atomic mass is 16.5. The molecule has 1 aliphatic rings. The first kappa shape index (κ1) is 20.1.